The molecule has 1 aliphatic heterocycles. The highest BCUT2D eigenvalue weighted by atomic mass is 14.9. The molecule has 0 bridgehead atoms. The second-order valence-electron chi connectivity index (χ2n) is 5.41. The van der Waals surface area contributed by atoms with Gasteiger partial charge in [-0.05, 0) is 50.4 Å². The van der Waals surface area contributed by atoms with Crippen LogP contribution in [0.15, 0.2) is 24.3 Å². The van der Waals surface area contributed by atoms with E-state index < -0.39 is 0 Å². The summed E-state index contributed by atoms with van der Waals surface area (Å²) in [5.41, 5.74) is 10.2. The zero-order valence-electron chi connectivity index (χ0n) is 10.9. The number of fused-ring (bicyclic) bond motifs is 1. The second-order valence-corrected chi connectivity index (χ2v) is 5.41. The Morgan fingerprint density at radius 3 is 3.00 bits per heavy atom. The lowest BCUT2D eigenvalue weighted by molar-refractivity contribution is 0.473. The third kappa shape index (κ3) is 2.04. The van der Waals surface area contributed by atoms with Gasteiger partial charge < -0.3 is 16.0 Å². The van der Waals surface area contributed by atoms with Crippen LogP contribution < -0.4 is 11.1 Å². The summed E-state index contributed by atoms with van der Waals surface area (Å²) in [4.78, 5) is 3.44. The third-order valence-electron chi connectivity index (χ3n) is 4.06. The first-order valence-electron chi connectivity index (χ1n) is 6.79. The van der Waals surface area contributed by atoms with E-state index in [0.717, 1.165) is 25.4 Å². The standard InChI is InChI=1S/C15H21N3/c1-10-15(12-4-2-3-5-14(12)18-10)13(16)8-11-6-7-17-9-11/h2-5,11,13,17-18H,6-9,16H2,1H3. The summed E-state index contributed by atoms with van der Waals surface area (Å²) >= 11 is 0. The van der Waals surface area contributed by atoms with Crippen LogP contribution in [0.25, 0.3) is 10.9 Å². The van der Waals surface area contributed by atoms with Gasteiger partial charge in [0.2, 0.25) is 0 Å². The van der Waals surface area contributed by atoms with E-state index >= 15 is 0 Å². The van der Waals surface area contributed by atoms with Crippen LogP contribution >= 0.6 is 0 Å². The highest BCUT2D eigenvalue weighted by Gasteiger charge is 2.21. The molecule has 0 spiro atoms. The van der Waals surface area contributed by atoms with Crippen molar-refractivity contribution in [3.05, 3.63) is 35.5 Å². The van der Waals surface area contributed by atoms with Crippen LogP contribution in [0.3, 0.4) is 0 Å². The van der Waals surface area contributed by atoms with Crippen LogP contribution in [0.4, 0.5) is 0 Å². The first-order chi connectivity index (χ1) is 8.75. The highest BCUT2D eigenvalue weighted by Crippen LogP contribution is 2.31. The quantitative estimate of drug-likeness (QED) is 0.775. The molecule has 0 radical (unpaired) electrons. The zero-order chi connectivity index (χ0) is 12.5. The number of nitrogens with one attached hydrogen (secondary N) is 2. The summed E-state index contributed by atoms with van der Waals surface area (Å²) in [6.45, 7) is 4.39. The minimum Gasteiger partial charge on any atom is -0.358 e. The van der Waals surface area contributed by atoms with Crippen molar-refractivity contribution >= 4 is 10.9 Å². The molecule has 18 heavy (non-hydrogen) atoms. The van der Waals surface area contributed by atoms with Crippen molar-refractivity contribution in [2.24, 2.45) is 11.7 Å². The average Bonchev–Trinajstić information content (AvgIpc) is 2.94. The molecular formula is C15H21N3. The fourth-order valence-electron chi connectivity index (χ4n) is 3.17. The Morgan fingerprint density at radius 1 is 1.39 bits per heavy atom. The van der Waals surface area contributed by atoms with Gasteiger partial charge >= 0.3 is 0 Å². The maximum absolute atomic E-state index is 6.44. The summed E-state index contributed by atoms with van der Waals surface area (Å²) in [7, 11) is 0. The van der Waals surface area contributed by atoms with E-state index in [-0.39, 0.29) is 6.04 Å². The molecule has 96 valence electrons. The lowest BCUT2D eigenvalue weighted by Crippen LogP contribution is -2.18. The van der Waals surface area contributed by atoms with Gasteiger partial charge in [-0.1, -0.05) is 18.2 Å². The van der Waals surface area contributed by atoms with Gasteiger partial charge in [-0.2, -0.15) is 0 Å². The van der Waals surface area contributed by atoms with Crippen LogP contribution in [0, 0.1) is 12.8 Å². The van der Waals surface area contributed by atoms with Gasteiger partial charge in [-0.3, -0.25) is 0 Å². The van der Waals surface area contributed by atoms with Crippen molar-refractivity contribution in [2.75, 3.05) is 13.1 Å². The molecule has 0 aliphatic carbocycles. The molecule has 2 atom stereocenters. The van der Waals surface area contributed by atoms with Gasteiger partial charge in [0.25, 0.3) is 0 Å². The van der Waals surface area contributed by atoms with E-state index in [4.69, 9.17) is 5.73 Å². The lowest BCUT2D eigenvalue weighted by atomic mass is 9.93. The molecule has 1 aliphatic rings. The van der Waals surface area contributed by atoms with Crippen LogP contribution in [0.5, 0.6) is 0 Å². The van der Waals surface area contributed by atoms with Crippen molar-refractivity contribution in [1.29, 1.82) is 0 Å². The van der Waals surface area contributed by atoms with E-state index in [1.54, 1.807) is 0 Å². The topological polar surface area (TPSA) is 53.8 Å². The van der Waals surface area contributed by atoms with Gasteiger partial charge in [0.05, 0.1) is 0 Å². The first-order valence-corrected chi connectivity index (χ1v) is 6.79. The molecule has 0 saturated carbocycles. The van der Waals surface area contributed by atoms with Crippen molar-refractivity contribution in [3.63, 3.8) is 0 Å². The van der Waals surface area contributed by atoms with Crippen LogP contribution in [0.2, 0.25) is 0 Å². The Bertz CT molecular complexity index is 538. The Morgan fingerprint density at radius 2 is 2.22 bits per heavy atom. The van der Waals surface area contributed by atoms with Crippen molar-refractivity contribution in [2.45, 2.75) is 25.8 Å². The molecule has 1 aromatic carbocycles. The van der Waals surface area contributed by atoms with E-state index in [2.05, 4.69) is 41.5 Å². The first kappa shape index (κ1) is 11.8. The predicted octanol–water partition coefficient (Wildman–Crippen LogP) is 2.48. The van der Waals surface area contributed by atoms with Gasteiger partial charge in [0.15, 0.2) is 0 Å². The number of aromatic amines is 1. The Kier molecular flexibility index (Phi) is 3.10. The number of benzene rings is 1. The van der Waals surface area contributed by atoms with E-state index in [1.165, 1.54) is 28.6 Å². The fourth-order valence-corrected chi connectivity index (χ4v) is 3.17. The molecule has 0 amide bonds. The van der Waals surface area contributed by atoms with Gasteiger partial charge in [0.1, 0.15) is 0 Å². The molecule has 1 fully saturated rings. The minimum atomic E-state index is 0.144. The van der Waals surface area contributed by atoms with Crippen molar-refractivity contribution < 1.29 is 0 Å². The van der Waals surface area contributed by atoms with E-state index in [9.17, 15) is 0 Å². The maximum Gasteiger partial charge on any atom is 0.0459 e. The molecule has 3 nitrogen and oxygen atoms in total. The molecule has 4 N–H and O–H groups in total. The van der Waals surface area contributed by atoms with E-state index in [1.807, 2.05) is 0 Å². The predicted molar refractivity (Wildman–Crippen MR) is 75.6 cm³/mol. The fraction of sp³-hybridized carbons (Fsp3) is 0.467. The summed E-state index contributed by atoms with van der Waals surface area (Å²) < 4.78 is 0. The maximum atomic E-state index is 6.44. The number of H-pyrrole nitrogens is 1. The van der Waals surface area contributed by atoms with Crippen LogP contribution in [0.1, 0.15) is 30.1 Å². The normalized spacial score (nSPS) is 21.6. The number of nitrogens with two attached hydrogens (primary N) is 1. The number of aromatic nitrogens is 1. The van der Waals surface area contributed by atoms with Gasteiger partial charge in [-0.25, -0.2) is 0 Å². The molecular weight excluding hydrogens is 222 g/mol. The number of hydrogen-bond donors (Lipinski definition) is 3. The third-order valence-corrected chi connectivity index (χ3v) is 4.06. The monoisotopic (exact) mass is 243 g/mol. The molecule has 3 rings (SSSR count). The van der Waals surface area contributed by atoms with Crippen LogP contribution in [-0.4, -0.2) is 18.1 Å². The summed E-state index contributed by atoms with van der Waals surface area (Å²) in [5.74, 6) is 0.730. The number of rotatable bonds is 3. The van der Waals surface area contributed by atoms with Gasteiger partial charge in [-0.15, -0.1) is 0 Å². The summed E-state index contributed by atoms with van der Waals surface area (Å²) in [5, 5.41) is 4.70. The highest BCUT2D eigenvalue weighted by molar-refractivity contribution is 5.85. The molecule has 2 heterocycles. The largest absolute Gasteiger partial charge is 0.358 e. The Labute approximate surface area is 108 Å². The molecule has 1 saturated heterocycles. The van der Waals surface area contributed by atoms with E-state index in [0.29, 0.717) is 0 Å². The number of para-hydroxylation sites is 1. The number of aryl methyl sites for hydroxylation is 1. The average molecular weight is 243 g/mol. The zero-order valence-corrected chi connectivity index (χ0v) is 10.9. The summed E-state index contributed by atoms with van der Waals surface area (Å²) in [6.07, 6.45) is 2.34. The molecule has 1 aromatic heterocycles. The van der Waals surface area contributed by atoms with Crippen molar-refractivity contribution in [3.8, 4) is 0 Å². The minimum absolute atomic E-state index is 0.144. The van der Waals surface area contributed by atoms with Crippen molar-refractivity contribution in [1.82, 2.24) is 10.3 Å². The number of hydrogen-bond acceptors (Lipinski definition) is 2. The lowest BCUT2D eigenvalue weighted by Gasteiger charge is -2.16. The molecule has 2 aromatic rings. The second kappa shape index (κ2) is 4.75. The molecule has 2 unspecified atom stereocenters. The Balaban J connectivity index is 1.90. The molecule has 3 heteroatoms. The summed E-state index contributed by atoms with van der Waals surface area (Å²) in [6, 6.07) is 8.58. The smallest absolute Gasteiger partial charge is 0.0459 e. The Hall–Kier alpha value is -1.32. The van der Waals surface area contributed by atoms with Gasteiger partial charge in [0, 0.05) is 22.6 Å². The van der Waals surface area contributed by atoms with Crippen LogP contribution in [-0.2, 0) is 0 Å². The SMILES string of the molecule is Cc1[nH]c2ccccc2c1C(N)CC1CCNC1.